The van der Waals surface area contributed by atoms with E-state index in [-0.39, 0.29) is 5.91 Å². The molecule has 176 valence electrons. The van der Waals surface area contributed by atoms with Crippen molar-refractivity contribution in [3.63, 3.8) is 0 Å². The molecule has 0 unspecified atom stereocenters. The Labute approximate surface area is 197 Å². The Hall–Kier alpha value is -2.67. The number of aryl methyl sites for hydroxylation is 1. The highest BCUT2D eigenvalue weighted by Gasteiger charge is 2.15. The van der Waals surface area contributed by atoms with Crippen LogP contribution in [0.5, 0.6) is 0 Å². The fourth-order valence-electron chi connectivity index (χ4n) is 4.58. The van der Waals surface area contributed by atoms with Crippen molar-refractivity contribution in [2.45, 2.75) is 26.8 Å². The van der Waals surface area contributed by atoms with Gasteiger partial charge in [0.2, 0.25) is 0 Å². The lowest BCUT2D eigenvalue weighted by Gasteiger charge is -2.32. The van der Waals surface area contributed by atoms with E-state index in [1.54, 1.807) is 7.11 Å². The zero-order valence-corrected chi connectivity index (χ0v) is 20.4. The van der Waals surface area contributed by atoms with E-state index >= 15 is 0 Å². The standard InChI is InChI=1S/C27H36N4O2/c1-20-21(2)31(17-18-33-4)26-10-7-23(19-25(20)26)27(32)28-24-8-5-22(6-9-24)11-12-30-15-13-29(3)14-16-30/h5-10,19H,11-18H2,1-4H3,(H,28,32). The number of amides is 1. The molecule has 4 rings (SSSR count). The third-order valence-corrected chi connectivity index (χ3v) is 6.94. The van der Waals surface area contributed by atoms with Gasteiger partial charge in [0, 0.05) is 74.2 Å². The first-order valence-electron chi connectivity index (χ1n) is 11.9. The Balaban J connectivity index is 1.39. The lowest BCUT2D eigenvalue weighted by atomic mass is 10.1. The number of nitrogens with one attached hydrogen (secondary N) is 1. The number of methoxy groups -OCH3 is 1. The number of likely N-dealkylation sites (N-methyl/N-ethyl adjacent to an activating group) is 1. The van der Waals surface area contributed by atoms with Gasteiger partial charge < -0.3 is 24.4 Å². The van der Waals surface area contributed by atoms with Gasteiger partial charge >= 0.3 is 0 Å². The molecule has 3 aromatic rings. The summed E-state index contributed by atoms with van der Waals surface area (Å²) in [4.78, 5) is 17.8. The zero-order valence-electron chi connectivity index (χ0n) is 20.4. The highest BCUT2D eigenvalue weighted by atomic mass is 16.5. The Morgan fingerprint density at radius 2 is 1.73 bits per heavy atom. The van der Waals surface area contributed by atoms with Gasteiger partial charge in [-0.2, -0.15) is 0 Å². The van der Waals surface area contributed by atoms with Crippen molar-refractivity contribution >= 4 is 22.5 Å². The van der Waals surface area contributed by atoms with E-state index in [0.29, 0.717) is 12.2 Å². The van der Waals surface area contributed by atoms with Crippen molar-refractivity contribution < 1.29 is 9.53 Å². The molecule has 2 heterocycles. The quantitative estimate of drug-likeness (QED) is 0.567. The average Bonchev–Trinajstić information content (AvgIpc) is 3.07. The molecule has 0 bridgehead atoms. The summed E-state index contributed by atoms with van der Waals surface area (Å²) in [5.41, 5.74) is 6.37. The molecule has 0 saturated carbocycles. The first kappa shape index (κ1) is 23.5. The number of hydrogen-bond donors (Lipinski definition) is 1. The molecule has 0 atom stereocenters. The van der Waals surface area contributed by atoms with Crippen LogP contribution in [0.3, 0.4) is 0 Å². The van der Waals surface area contributed by atoms with E-state index < -0.39 is 0 Å². The van der Waals surface area contributed by atoms with E-state index in [9.17, 15) is 4.79 Å². The molecule has 6 nitrogen and oxygen atoms in total. The molecule has 0 aliphatic carbocycles. The number of aromatic nitrogens is 1. The average molecular weight is 449 g/mol. The maximum Gasteiger partial charge on any atom is 0.255 e. The summed E-state index contributed by atoms with van der Waals surface area (Å²) in [5.74, 6) is -0.0798. The second-order valence-electron chi connectivity index (χ2n) is 9.13. The van der Waals surface area contributed by atoms with Crippen LogP contribution in [-0.2, 0) is 17.7 Å². The number of fused-ring (bicyclic) bond motifs is 1. The molecule has 1 N–H and O–H groups in total. The van der Waals surface area contributed by atoms with Crippen molar-refractivity contribution in [3.8, 4) is 0 Å². The number of benzene rings is 2. The van der Waals surface area contributed by atoms with E-state index in [1.165, 1.54) is 16.8 Å². The van der Waals surface area contributed by atoms with Gasteiger partial charge in [0.15, 0.2) is 0 Å². The summed E-state index contributed by atoms with van der Waals surface area (Å²) in [5, 5.41) is 4.17. The van der Waals surface area contributed by atoms with Gasteiger partial charge in [0.1, 0.15) is 0 Å². The molecule has 1 saturated heterocycles. The Morgan fingerprint density at radius 3 is 2.42 bits per heavy atom. The summed E-state index contributed by atoms with van der Waals surface area (Å²) in [6, 6.07) is 14.2. The second-order valence-corrected chi connectivity index (χ2v) is 9.13. The predicted molar refractivity (Wildman–Crippen MR) is 135 cm³/mol. The molecule has 33 heavy (non-hydrogen) atoms. The summed E-state index contributed by atoms with van der Waals surface area (Å²) < 4.78 is 7.52. The highest BCUT2D eigenvalue weighted by molar-refractivity contribution is 6.06. The minimum atomic E-state index is -0.0798. The van der Waals surface area contributed by atoms with E-state index in [1.807, 2.05) is 30.3 Å². The van der Waals surface area contributed by atoms with E-state index in [2.05, 4.69) is 52.7 Å². The second kappa shape index (κ2) is 10.5. The number of hydrogen-bond acceptors (Lipinski definition) is 4. The normalized spacial score (nSPS) is 15.3. The third-order valence-electron chi connectivity index (χ3n) is 6.94. The maximum absolute atomic E-state index is 12.9. The molecular formula is C27H36N4O2. The summed E-state index contributed by atoms with van der Waals surface area (Å²) in [7, 11) is 3.90. The van der Waals surface area contributed by atoms with Crippen LogP contribution in [0.4, 0.5) is 5.69 Å². The Morgan fingerprint density at radius 1 is 1.00 bits per heavy atom. The first-order chi connectivity index (χ1) is 16.0. The molecule has 1 amide bonds. The number of ether oxygens (including phenoxy) is 1. The van der Waals surface area contributed by atoms with Crippen LogP contribution >= 0.6 is 0 Å². The van der Waals surface area contributed by atoms with Crippen molar-refractivity contribution in [1.82, 2.24) is 14.4 Å². The summed E-state index contributed by atoms with van der Waals surface area (Å²) in [6.07, 6.45) is 1.04. The van der Waals surface area contributed by atoms with Crippen LogP contribution in [0.25, 0.3) is 10.9 Å². The van der Waals surface area contributed by atoms with Crippen LogP contribution in [0, 0.1) is 13.8 Å². The summed E-state index contributed by atoms with van der Waals surface area (Å²) >= 11 is 0. The molecule has 1 aromatic heterocycles. The zero-order chi connectivity index (χ0) is 23.4. The van der Waals surface area contributed by atoms with Gasteiger partial charge in [0.05, 0.1) is 6.61 Å². The molecule has 6 heteroatoms. The number of piperazine rings is 1. The van der Waals surface area contributed by atoms with Gasteiger partial charge in [-0.15, -0.1) is 0 Å². The third kappa shape index (κ3) is 5.46. The number of carbonyl (C=O) groups excluding carboxylic acids is 1. The van der Waals surface area contributed by atoms with Gasteiger partial charge in [-0.3, -0.25) is 4.79 Å². The van der Waals surface area contributed by atoms with Crippen molar-refractivity contribution in [2.24, 2.45) is 0 Å². The van der Waals surface area contributed by atoms with Gasteiger partial charge in [-0.1, -0.05) is 12.1 Å². The molecule has 1 aliphatic rings. The van der Waals surface area contributed by atoms with E-state index in [0.717, 1.165) is 62.3 Å². The van der Waals surface area contributed by atoms with Crippen LogP contribution in [0.1, 0.15) is 27.2 Å². The van der Waals surface area contributed by atoms with Gasteiger partial charge in [-0.25, -0.2) is 0 Å². The topological polar surface area (TPSA) is 49.7 Å². The SMILES string of the molecule is COCCn1c(C)c(C)c2cc(C(=O)Nc3ccc(CCN4CCN(C)CC4)cc3)ccc21. The minimum Gasteiger partial charge on any atom is -0.383 e. The molecule has 1 aliphatic heterocycles. The lowest BCUT2D eigenvalue weighted by molar-refractivity contribution is 0.102. The Bertz CT molecular complexity index is 1100. The smallest absolute Gasteiger partial charge is 0.255 e. The molecule has 1 fully saturated rings. The lowest BCUT2D eigenvalue weighted by Crippen LogP contribution is -2.45. The van der Waals surface area contributed by atoms with Crippen LogP contribution in [0.15, 0.2) is 42.5 Å². The van der Waals surface area contributed by atoms with Crippen molar-refractivity contribution in [1.29, 1.82) is 0 Å². The van der Waals surface area contributed by atoms with Crippen LogP contribution in [-0.4, -0.2) is 73.8 Å². The summed E-state index contributed by atoms with van der Waals surface area (Å²) in [6.45, 7) is 11.4. The van der Waals surface area contributed by atoms with Gasteiger partial charge in [-0.05, 0) is 68.8 Å². The minimum absolute atomic E-state index is 0.0798. The van der Waals surface area contributed by atoms with Gasteiger partial charge in [0.25, 0.3) is 5.91 Å². The Kier molecular flexibility index (Phi) is 7.48. The first-order valence-corrected chi connectivity index (χ1v) is 11.9. The van der Waals surface area contributed by atoms with Crippen LogP contribution in [0.2, 0.25) is 0 Å². The number of nitrogens with zero attached hydrogens (tertiary/aromatic N) is 3. The molecular weight excluding hydrogens is 412 g/mol. The fraction of sp³-hybridized carbons (Fsp3) is 0.444. The molecule has 2 aromatic carbocycles. The fourth-order valence-corrected chi connectivity index (χ4v) is 4.58. The monoisotopic (exact) mass is 448 g/mol. The number of anilines is 1. The maximum atomic E-state index is 12.9. The molecule has 0 radical (unpaired) electrons. The van der Waals surface area contributed by atoms with Crippen LogP contribution < -0.4 is 5.32 Å². The molecule has 0 spiro atoms. The largest absolute Gasteiger partial charge is 0.383 e. The van der Waals surface area contributed by atoms with E-state index in [4.69, 9.17) is 4.74 Å². The predicted octanol–water partition coefficient (Wildman–Crippen LogP) is 3.95. The van der Waals surface area contributed by atoms with Crippen molar-refractivity contribution in [3.05, 3.63) is 64.8 Å². The number of carbonyl (C=O) groups is 1. The highest BCUT2D eigenvalue weighted by Crippen LogP contribution is 2.26. The number of rotatable bonds is 8. The van der Waals surface area contributed by atoms with Crippen molar-refractivity contribution in [2.75, 3.05) is 58.8 Å².